The highest BCUT2D eigenvalue weighted by atomic mass is 19.1. The van der Waals surface area contributed by atoms with Crippen molar-refractivity contribution in [1.82, 2.24) is 0 Å². The van der Waals surface area contributed by atoms with Crippen LogP contribution >= 0.6 is 0 Å². The summed E-state index contributed by atoms with van der Waals surface area (Å²) in [6.45, 7) is 4.17. The van der Waals surface area contributed by atoms with Crippen molar-refractivity contribution in [3.8, 4) is 5.75 Å². The fourth-order valence-corrected chi connectivity index (χ4v) is 0.997. The molecule has 0 spiro atoms. The molecule has 0 radical (unpaired) electrons. The Morgan fingerprint density at radius 2 is 1.73 bits per heavy atom. The molecule has 84 valence electrons. The molecule has 0 aliphatic carbocycles. The molecule has 1 rings (SSSR count). The zero-order chi connectivity index (χ0) is 11.4. The molecule has 15 heavy (non-hydrogen) atoms. The van der Waals surface area contributed by atoms with Gasteiger partial charge in [0.1, 0.15) is 24.0 Å². The fraction of sp³-hybridized carbons (Fsp3) is 0.455. The lowest BCUT2D eigenvalue weighted by Gasteiger charge is -2.16. The van der Waals surface area contributed by atoms with Gasteiger partial charge in [-0.3, -0.25) is 0 Å². The van der Waals surface area contributed by atoms with E-state index >= 15 is 0 Å². The van der Waals surface area contributed by atoms with E-state index in [-0.39, 0.29) is 24.3 Å². The standard InChI is InChI=1S/C11H15F2NO/c1-7(2)11(14)6-15-10-4-8(12)3-9(13)5-10/h3-5,7,11H,6,14H2,1-2H3/t11-/m1/s1. The average Bonchev–Trinajstić information content (AvgIpc) is 2.12. The number of benzene rings is 1. The van der Waals surface area contributed by atoms with Crippen LogP contribution in [0.5, 0.6) is 5.75 Å². The van der Waals surface area contributed by atoms with Crippen molar-refractivity contribution in [2.45, 2.75) is 19.9 Å². The molecule has 0 amide bonds. The minimum absolute atomic E-state index is 0.142. The predicted octanol–water partition coefficient (Wildman–Crippen LogP) is 2.33. The lowest BCUT2D eigenvalue weighted by molar-refractivity contribution is 0.257. The highest BCUT2D eigenvalue weighted by Crippen LogP contribution is 2.15. The Bertz CT molecular complexity index is 308. The highest BCUT2D eigenvalue weighted by Gasteiger charge is 2.09. The van der Waals surface area contributed by atoms with Gasteiger partial charge in [-0.1, -0.05) is 13.8 Å². The van der Waals surface area contributed by atoms with Crippen LogP contribution in [0, 0.1) is 17.6 Å². The van der Waals surface area contributed by atoms with E-state index in [9.17, 15) is 8.78 Å². The molecule has 1 aromatic carbocycles. The van der Waals surface area contributed by atoms with Gasteiger partial charge in [-0.15, -0.1) is 0 Å². The van der Waals surface area contributed by atoms with Crippen molar-refractivity contribution in [1.29, 1.82) is 0 Å². The summed E-state index contributed by atoms with van der Waals surface area (Å²) < 4.78 is 30.7. The van der Waals surface area contributed by atoms with Crippen molar-refractivity contribution in [3.63, 3.8) is 0 Å². The summed E-state index contributed by atoms with van der Waals surface area (Å²) in [6, 6.07) is 2.93. The molecule has 0 aliphatic heterocycles. The van der Waals surface area contributed by atoms with E-state index in [1.807, 2.05) is 13.8 Å². The molecule has 1 atom stereocenters. The topological polar surface area (TPSA) is 35.2 Å². The van der Waals surface area contributed by atoms with Crippen molar-refractivity contribution in [3.05, 3.63) is 29.8 Å². The third kappa shape index (κ3) is 3.83. The second kappa shape index (κ2) is 5.07. The first-order valence-electron chi connectivity index (χ1n) is 4.83. The fourth-order valence-electron chi connectivity index (χ4n) is 0.997. The van der Waals surface area contributed by atoms with Gasteiger partial charge < -0.3 is 10.5 Å². The molecule has 2 nitrogen and oxygen atoms in total. The summed E-state index contributed by atoms with van der Waals surface area (Å²) in [5.41, 5.74) is 5.73. The van der Waals surface area contributed by atoms with E-state index in [0.29, 0.717) is 0 Å². The highest BCUT2D eigenvalue weighted by molar-refractivity contribution is 5.23. The van der Waals surface area contributed by atoms with E-state index in [1.165, 1.54) is 0 Å². The van der Waals surface area contributed by atoms with E-state index in [1.54, 1.807) is 0 Å². The zero-order valence-corrected chi connectivity index (χ0v) is 8.84. The summed E-state index contributed by atoms with van der Waals surface area (Å²) >= 11 is 0. The Labute approximate surface area is 88.0 Å². The summed E-state index contributed by atoms with van der Waals surface area (Å²) in [4.78, 5) is 0. The summed E-state index contributed by atoms with van der Waals surface area (Å²) in [7, 11) is 0. The van der Waals surface area contributed by atoms with Crippen LogP contribution in [0.4, 0.5) is 8.78 Å². The number of ether oxygens (including phenoxy) is 1. The first kappa shape index (κ1) is 11.9. The van der Waals surface area contributed by atoms with Crippen molar-refractivity contribution >= 4 is 0 Å². The molecule has 0 aromatic heterocycles. The molecule has 4 heteroatoms. The molecule has 0 saturated carbocycles. The Hall–Kier alpha value is -1.16. The largest absolute Gasteiger partial charge is 0.492 e. The summed E-state index contributed by atoms with van der Waals surface area (Å²) in [5, 5.41) is 0. The molecule has 0 heterocycles. The second-order valence-electron chi connectivity index (χ2n) is 3.82. The van der Waals surface area contributed by atoms with Crippen LogP contribution in [0.15, 0.2) is 18.2 Å². The SMILES string of the molecule is CC(C)[C@H](N)COc1cc(F)cc(F)c1. The van der Waals surface area contributed by atoms with Crippen LogP contribution < -0.4 is 10.5 Å². The maximum absolute atomic E-state index is 12.8. The average molecular weight is 215 g/mol. The van der Waals surface area contributed by atoms with Crippen LogP contribution in [0.3, 0.4) is 0 Å². The van der Waals surface area contributed by atoms with E-state index < -0.39 is 11.6 Å². The first-order chi connectivity index (χ1) is 6.99. The van der Waals surface area contributed by atoms with Gasteiger partial charge in [0, 0.05) is 24.2 Å². The third-order valence-corrected chi connectivity index (χ3v) is 2.13. The molecule has 1 aromatic rings. The minimum Gasteiger partial charge on any atom is -0.492 e. The van der Waals surface area contributed by atoms with Gasteiger partial charge in [-0.2, -0.15) is 0 Å². The van der Waals surface area contributed by atoms with Gasteiger partial charge in [0.25, 0.3) is 0 Å². The molecule has 0 bridgehead atoms. The molecule has 0 saturated heterocycles. The van der Waals surface area contributed by atoms with Gasteiger partial charge in [-0.05, 0) is 5.92 Å². The van der Waals surface area contributed by atoms with Crippen LogP contribution in [-0.4, -0.2) is 12.6 Å². The van der Waals surface area contributed by atoms with Crippen molar-refractivity contribution in [2.75, 3.05) is 6.61 Å². The van der Waals surface area contributed by atoms with E-state index in [0.717, 1.165) is 18.2 Å². The molecule has 0 unspecified atom stereocenters. The third-order valence-electron chi connectivity index (χ3n) is 2.13. The minimum atomic E-state index is -0.650. The van der Waals surface area contributed by atoms with Gasteiger partial charge >= 0.3 is 0 Å². The van der Waals surface area contributed by atoms with Gasteiger partial charge in [0.2, 0.25) is 0 Å². The van der Waals surface area contributed by atoms with Crippen LogP contribution in [-0.2, 0) is 0 Å². The maximum atomic E-state index is 12.8. The Morgan fingerprint density at radius 3 is 2.20 bits per heavy atom. The number of halogens is 2. The molecule has 0 aliphatic rings. The van der Waals surface area contributed by atoms with Crippen LogP contribution in [0.2, 0.25) is 0 Å². The Kier molecular flexibility index (Phi) is 4.03. The van der Waals surface area contributed by atoms with E-state index in [2.05, 4.69) is 0 Å². The summed E-state index contributed by atoms with van der Waals surface area (Å²) in [5.74, 6) is -0.863. The lowest BCUT2D eigenvalue weighted by atomic mass is 10.1. The van der Waals surface area contributed by atoms with Crippen LogP contribution in [0.1, 0.15) is 13.8 Å². The van der Waals surface area contributed by atoms with E-state index in [4.69, 9.17) is 10.5 Å². The second-order valence-corrected chi connectivity index (χ2v) is 3.82. The number of hydrogen-bond acceptors (Lipinski definition) is 2. The lowest BCUT2D eigenvalue weighted by Crippen LogP contribution is -2.33. The maximum Gasteiger partial charge on any atom is 0.129 e. The smallest absolute Gasteiger partial charge is 0.129 e. The monoisotopic (exact) mass is 215 g/mol. The van der Waals surface area contributed by atoms with Crippen molar-refractivity contribution < 1.29 is 13.5 Å². The van der Waals surface area contributed by atoms with Crippen LogP contribution in [0.25, 0.3) is 0 Å². The van der Waals surface area contributed by atoms with Gasteiger partial charge in [0.05, 0.1) is 0 Å². The predicted molar refractivity (Wildman–Crippen MR) is 54.7 cm³/mol. The molecule has 2 N–H and O–H groups in total. The molecular formula is C11H15F2NO. The molecule has 0 fully saturated rings. The first-order valence-corrected chi connectivity index (χ1v) is 4.83. The Balaban J connectivity index is 2.57. The summed E-state index contributed by atoms with van der Waals surface area (Å²) in [6.07, 6.45) is 0. The number of nitrogens with two attached hydrogens (primary N) is 1. The number of hydrogen-bond donors (Lipinski definition) is 1. The quantitative estimate of drug-likeness (QED) is 0.836. The Morgan fingerprint density at radius 1 is 1.20 bits per heavy atom. The zero-order valence-electron chi connectivity index (χ0n) is 8.84. The normalized spacial score (nSPS) is 12.9. The van der Waals surface area contributed by atoms with Gasteiger partial charge in [0.15, 0.2) is 0 Å². The van der Waals surface area contributed by atoms with Gasteiger partial charge in [-0.25, -0.2) is 8.78 Å². The van der Waals surface area contributed by atoms with Crippen molar-refractivity contribution in [2.24, 2.45) is 11.7 Å². The number of rotatable bonds is 4. The molecular weight excluding hydrogens is 200 g/mol.